The fraction of sp³-hybridized carbons (Fsp3) is 0.800. The van der Waals surface area contributed by atoms with Crippen LogP contribution in [0.1, 0.15) is 6.92 Å². The molecular formula is C5H9NO2. The number of nitrogens with zero attached hydrogens (tertiary/aromatic N) is 1. The molecule has 1 rings (SSSR count). The lowest BCUT2D eigenvalue weighted by Gasteiger charge is -2.03. The molecule has 0 aromatic carbocycles. The van der Waals surface area contributed by atoms with Gasteiger partial charge < -0.3 is 0 Å². The summed E-state index contributed by atoms with van der Waals surface area (Å²) < 4.78 is 0. The van der Waals surface area contributed by atoms with Gasteiger partial charge in [-0.3, -0.25) is 9.63 Å². The Kier molecular flexibility index (Phi) is 1.21. The molecule has 0 N–H and O–H groups in total. The van der Waals surface area contributed by atoms with Crippen molar-refractivity contribution in [3.05, 3.63) is 0 Å². The lowest BCUT2D eigenvalue weighted by molar-refractivity contribution is -0.154. The predicted octanol–water partition coefficient (Wildman–Crippen LogP) is 0.0261. The van der Waals surface area contributed by atoms with E-state index in [-0.39, 0.29) is 11.8 Å². The van der Waals surface area contributed by atoms with Crippen LogP contribution in [0.4, 0.5) is 0 Å². The minimum absolute atomic E-state index is 0.0556. The summed E-state index contributed by atoms with van der Waals surface area (Å²) in [6.07, 6.45) is 0. The van der Waals surface area contributed by atoms with Crippen molar-refractivity contribution >= 4 is 5.91 Å². The van der Waals surface area contributed by atoms with Crippen molar-refractivity contribution in [2.24, 2.45) is 5.92 Å². The highest BCUT2D eigenvalue weighted by atomic mass is 16.7. The summed E-state index contributed by atoms with van der Waals surface area (Å²) in [5.41, 5.74) is 0. The largest absolute Gasteiger partial charge is 0.272 e. The van der Waals surface area contributed by atoms with E-state index in [1.807, 2.05) is 6.92 Å². The monoisotopic (exact) mass is 115 g/mol. The molecule has 1 fully saturated rings. The van der Waals surface area contributed by atoms with Gasteiger partial charge in [-0.1, -0.05) is 6.92 Å². The molecule has 3 heteroatoms. The highest BCUT2D eigenvalue weighted by Crippen LogP contribution is 2.09. The number of amides is 1. The minimum atomic E-state index is 0.0556. The third-order valence-corrected chi connectivity index (χ3v) is 1.25. The first kappa shape index (κ1) is 5.56. The van der Waals surface area contributed by atoms with E-state index in [9.17, 15) is 4.79 Å². The van der Waals surface area contributed by atoms with Crippen LogP contribution in [-0.2, 0) is 9.63 Å². The van der Waals surface area contributed by atoms with Crippen molar-refractivity contribution in [2.45, 2.75) is 6.92 Å². The van der Waals surface area contributed by atoms with Gasteiger partial charge in [0.25, 0.3) is 5.91 Å². The molecule has 1 atom stereocenters. The van der Waals surface area contributed by atoms with E-state index >= 15 is 0 Å². The molecule has 0 saturated carbocycles. The van der Waals surface area contributed by atoms with Crippen molar-refractivity contribution in [1.29, 1.82) is 0 Å². The zero-order valence-electron chi connectivity index (χ0n) is 5.05. The van der Waals surface area contributed by atoms with Crippen molar-refractivity contribution in [2.75, 3.05) is 13.7 Å². The van der Waals surface area contributed by atoms with E-state index in [0.29, 0.717) is 6.61 Å². The normalized spacial score (nSPS) is 29.5. The highest BCUT2D eigenvalue weighted by molar-refractivity contribution is 5.78. The Bertz CT molecular complexity index is 101. The van der Waals surface area contributed by atoms with E-state index in [4.69, 9.17) is 4.84 Å². The minimum Gasteiger partial charge on any atom is -0.272 e. The quantitative estimate of drug-likeness (QED) is 0.445. The molecule has 1 aliphatic rings. The second kappa shape index (κ2) is 1.74. The van der Waals surface area contributed by atoms with Gasteiger partial charge in [-0.05, 0) is 0 Å². The number of hydrogen-bond acceptors (Lipinski definition) is 2. The molecule has 3 nitrogen and oxygen atoms in total. The molecular weight excluding hydrogens is 106 g/mol. The van der Waals surface area contributed by atoms with E-state index in [0.717, 1.165) is 0 Å². The second-order valence-corrected chi connectivity index (χ2v) is 2.03. The van der Waals surface area contributed by atoms with Gasteiger partial charge >= 0.3 is 0 Å². The molecule has 46 valence electrons. The Morgan fingerprint density at radius 2 is 2.50 bits per heavy atom. The number of rotatable bonds is 0. The maximum atomic E-state index is 10.7. The summed E-state index contributed by atoms with van der Waals surface area (Å²) in [7, 11) is 1.63. The summed E-state index contributed by atoms with van der Waals surface area (Å²) in [6.45, 7) is 2.39. The average Bonchev–Trinajstić information content (AvgIpc) is 1.98. The summed E-state index contributed by atoms with van der Waals surface area (Å²) in [6, 6.07) is 0. The van der Waals surface area contributed by atoms with Crippen LogP contribution < -0.4 is 0 Å². The van der Waals surface area contributed by atoms with Crippen LogP contribution >= 0.6 is 0 Å². The number of hydrogen-bond donors (Lipinski definition) is 0. The number of carbonyl (C=O) groups excluding carboxylic acids is 1. The standard InChI is InChI=1S/C5H9NO2/c1-4-3-8-6(2)5(4)7/h4H,3H2,1-2H3. The first-order chi connectivity index (χ1) is 3.72. The Balaban J connectivity index is 2.57. The summed E-state index contributed by atoms with van der Waals surface area (Å²) >= 11 is 0. The molecule has 8 heavy (non-hydrogen) atoms. The van der Waals surface area contributed by atoms with Crippen molar-refractivity contribution < 1.29 is 9.63 Å². The van der Waals surface area contributed by atoms with Gasteiger partial charge in [0.05, 0.1) is 12.5 Å². The Hall–Kier alpha value is -0.570. The smallest absolute Gasteiger partial charge is 0.251 e. The van der Waals surface area contributed by atoms with Crippen molar-refractivity contribution in [1.82, 2.24) is 5.06 Å². The van der Waals surface area contributed by atoms with Gasteiger partial charge in [0.1, 0.15) is 0 Å². The van der Waals surface area contributed by atoms with E-state index in [1.54, 1.807) is 7.05 Å². The summed E-state index contributed by atoms with van der Waals surface area (Å²) in [4.78, 5) is 15.6. The molecule has 0 aliphatic carbocycles. The van der Waals surface area contributed by atoms with Gasteiger partial charge in [0.15, 0.2) is 0 Å². The maximum Gasteiger partial charge on any atom is 0.251 e. The second-order valence-electron chi connectivity index (χ2n) is 2.03. The third-order valence-electron chi connectivity index (χ3n) is 1.25. The molecule has 0 radical (unpaired) electrons. The highest BCUT2D eigenvalue weighted by Gasteiger charge is 2.25. The van der Waals surface area contributed by atoms with E-state index < -0.39 is 0 Å². The van der Waals surface area contributed by atoms with Crippen LogP contribution in [0.3, 0.4) is 0 Å². The molecule has 0 bridgehead atoms. The molecule has 1 aliphatic heterocycles. The fourth-order valence-corrected chi connectivity index (χ4v) is 0.669. The van der Waals surface area contributed by atoms with Gasteiger partial charge in [-0.15, -0.1) is 0 Å². The van der Waals surface area contributed by atoms with Crippen molar-refractivity contribution in [3.63, 3.8) is 0 Å². The zero-order chi connectivity index (χ0) is 6.15. The van der Waals surface area contributed by atoms with Crippen LogP contribution in [0.25, 0.3) is 0 Å². The lowest BCUT2D eigenvalue weighted by Crippen LogP contribution is -2.19. The van der Waals surface area contributed by atoms with E-state index in [1.165, 1.54) is 5.06 Å². The first-order valence-corrected chi connectivity index (χ1v) is 2.62. The molecule has 1 saturated heterocycles. The SMILES string of the molecule is CC1CON(C)C1=O. The predicted molar refractivity (Wildman–Crippen MR) is 27.9 cm³/mol. The lowest BCUT2D eigenvalue weighted by atomic mass is 10.2. The molecule has 1 amide bonds. The Labute approximate surface area is 48.2 Å². The van der Waals surface area contributed by atoms with E-state index in [2.05, 4.69) is 0 Å². The summed E-state index contributed by atoms with van der Waals surface area (Å²) in [5, 5.41) is 1.28. The average molecular weight is 115 g/mol. The Morgan fingerprint density at radius 3 is 2.62 bits per heavy atom. The van der Waals surface area contributed by atoms with Crippen LogP contribution in [0.5, 0.6) is 0 Å². The van der Waals surface area contributed by atoms with Crippen molar-refractivity contribution in [3.8, 4) is 0 Å². The maximum absolute atomic E-state index is 10.7. The number of hydroxylamine groups is 2. The number of carbonyl (C=O) groups is 1. The zero-order valence-corrected chi connectivity index (χ0v) is 5.05. The molecule has 0 spiro atoms. The molecule has 1 heterocycles. The van der Waals surface area contributed by atoms with Crippen LogP contribution in [0.15, 0.2) is 0 Å². The topological polar surface area (TPSA) is 29.5 Å². The molecule has 0 aromatic heterocycles. The van der Waals surface area contributed by atoms with Gasteiger partial charge in [0, 0.05) is 7.05 Å². The summed E-state index contributed by atoms with van der Waals surface area (Å²) in [5.74, 6) is 0.130. The Morgan fingerprint density at radius 1 is 1.88 bits per heavy atom. The first-order valence-electron chi connectivity index (χ1n) is 2.62. The molecule has 0 aromatic rings. The van der Waals surface area contributed by atoms with Crippen LogP contribution in [0, 0.1) is 5.92 Å². The van der Waals surface area contributed by atoms with Gasteiger partial charge in [-0.2, -0.15) is 0 Å². The fourth-order valence-electron chi connectivity index (χ4n) is 0.669. The third kappa shape index (κ3) is 0.690. The van der Waals surface area contributed by atoms with Crippen LogP contribution in [0.2, 0.25) is 0 Å². The van der Waals surface area contributed by atoms with Crippen LogP contribution in [-0.4, -0.2) is 24.6 Å². The van der Waals surface area contributed by atoms with Gasteiger partial charge in [0.2, 0.25) is 0 Å². The van der Waals surface area contributed by atoms with Gasteiger partial charge in [-0.25, -0.2) is 5.06 Å². The molecule has 1 unspecified atom stereocenters.